The van der Waals surface area contributed by atoms with Crippen LogP contribution in [-0.4, -0.2) is 44.7 Å². The standard InChI is InChI=1S/C17H19N3O4/c21-14(22)9-8-11-5-3-4-10-20(11)17(24)15-12-6-1-2-7-13(12)16(23)19-18-15/h1-2,6-7,11H,3-5,8-10H2,(H,19,23)(H,21,22)/t11-/m1/s1. The van der Waals surface area contributed by atoms with Gasteiger partial charge in [-0.05, 0) is 31.7 Å². The predicted molar refractivity (Wildman–Crippen MR) is 87.9 cm³/mol. The number of nitrogens with one attached hydrogen (secondary N) is 1. The number of piperidine rings is 1. The van der Waals surface area contributed by atoms with Gasteiger partial charge in [-0.2, -0.15) is 5.10 Å². The number of carboxylic acid groups (broad SMARTS) is 1. The highest BCUT2D eigenvalue weighted by Gasteiger charge is 2.29. The fourth-order valence-electron chi connectivity index (χ4n) is 3.27. The minimum Gasteiger partial charge on any atom is -0.481 e. The molecule has 1 aromatic heterocycles. The summed E-state index contributed by atoms with van der Waals surface area (Å²) < 4.78 is 0. The topological polar surface area (TPSA) is 103 Å². The molecule has 1 aliphatic rings. The fourth-order valence-corrected chi connectivity index (χ4v) is 3.27. The van der Waals surface area contributed by atoms with Crippen LogP contribution in [0.15, 0.2) is 29.1 Å². The molecular formula is C17H19N3O4. The van der Waals surface area contributed by atoms with E-state index in [0.717, 1.165) is 19.3 Å². The second-order valence-electron chi connectivity index (χ2n) is 6.03. The number of likely N-dealkylation sites (tertiary alicyclic amines) is 1. The number of hydrogen-bond acceptors (Lipinski definition) is 4. The molecule has 0 spiro atoms. The number of aromatic amines is 1. The van der Waals surface area contributed by atoms with Crippen LogP contribution in [0.4, 0.5) is 0 Å². The highest BCUT2D eigenvalue weighted by Crippen LogP contribution is 2.24. The van der Waals surface area contributed by atoms with Crippen molar-refractivity contribution >= 4 is 22.6 Å². The zero-order valence-corrected chi connectivity index (χ0v) is 13.2. The summed E-state index contributed by atoms with van der Waals surface area (Å²) in [5.74, 6) is -1.11. The summed E-state index contributed by atoms with van der Waals surface area (Å²) in [6.45, 7) is 0.582. The van der Waals surface area contributed by atoms with Gasteiger partial charge in [0, 0.05) is 24.4 Å². The van der Waals surface area contributed by atoms with Crippen molar-refractivity contribution in [3.05, 3.63) is 40.3 Å². The monoisotopic (exact) mass is 329 g/mol. The van der Waals surface area contributed by atoms with E-state index in [-0.39, 0.29) is 29.6 Å². The maximum absolute atomic E-state index is 13.0. The highest BCUT2D eigenvalue weighted by molar-refractivity contribution is 6.04. The third-order valence-corrected chi connectivity index (χ3v) is 4.48. The molecule has 2 aromatic rings. The van der Waals surface area contributed by atoms with Gasteiger partial charge >= 0.3 is 5.97 Å². The van der Waals surface area contributed by atoms with Crippen LogP contribution in [0.3, 0.4) is 0 Å². The van der Waals surface area contributed by atoms with Crippen LogP contribution in [0, 0.1) is 0 Å². The first kappa shape index (κ1) is 16.2. The van der Waals surface area contributed by atoms with E-state index >= 15 is 0 Å². The Hall–Kier alpha value is -2.70. The maximum Gasteiger partial charge on any atom is 0.303 e. The van der Waals surface area contributed by atoms with Crippen LogP contribution in [0.2, 0.25) is 0 Å². The Bertz CT molecular complexity index is 830. The fraction of sp³-hybridized carbons (Fsp3) is 0.412. The molecule has 24 heavy (non-hydrogen) atoms. The summed E-state index contributed by atoms with van der Waals surface area (Å²) in [7, 11) is 0. The quantitative estimate of drug-likeness (QED) is 0.890. The first-order chi connectivity index (χ1) is 11.6. The number of carboxylic acids is 1. The molecule has 2 heterocycles. The van der Waals surface area contributed by atoms with Crippen molar-refractivity contribution in [3.8, 4) is 0 Å². The zero-order valence-electron chi connectivity index (χ0n) is 13.2. The van der Waals surface area contributed by atoms with Gasteiger partial charge in [-0.15, -0.1) is 0 Å². The number of rotatable bonds is 4. The van der Waals surface area contributed by atoms with Gasteiger partial charge in [0.1, 0.15) is 0 Å². The summed E-state index contributed by atoms with van der Waals surface area (Å²) in [5.41, 5.74) is -0.115. The smallest absolute Gasteiger partial charge is 0.303 e. The average Bonchev–Trinajstić information content (AvgIpc) is 2.60. The molecule has 0 saturated carbocycles. The third kappa shape index (κ3) is 3.15. The van der Waals surface area contributed by atoms with Crippen molar-refractivity contribution < 1.29 is 14.7 Å². The summed E-state index contributed by atoms with van der Waals surface area (Å²) in [6.07, 6.45) is 3.13. The molecule has 1 aromatic carbocycles. The van der Waals surface area contributed by atoms with Crippen LogP contribution in [0.25, 0.3) is 10.8 Å². The summed E-state index contributed by atoms with van der Waals surface area (Å²) in [4.78, 5) is 37.4. The van der Waals surface area contributed by atoms with E-state index in [4.69, 9.17) is 5.11 Å². The van der Waals surface area contributed by atoms with Gasteiger partial charge in [0.05, 0.1) is 5.39 Å². The Labute approximate surface area is 138 Å². The van der Waals surface area contributed by atoms with Crippen molar-refractivity contribution in [2.75, 3.05) is 6.54 Å². The molecular weight excluding hydrogens is 310 g/mol. The lowest BCUT2D eigenvalue weighted by Crippen LogP contribution is -2.44. The molecule has 0 bridgehead atoms. The largest absolute Gasteiger partial charge is 0.481 e. The van der Waals surface area contributed by atoms with Gasteiger partial charge in [0.2, 0.25) is 0 Å². The number of amides is 1. The molecule has 0 unspecified atom stereocenters. The lowest BCUT2D eigenvalue weighted by atomic mass is 9.97. The van der Waals surface area contributed by atoms with Crippen molar-refractivity contribution in [2.24, 2.45) is 0 Å². The Kier molecular flexibility index (Phi) is 4.59. The zero-order chi connectivity index (χ0) is 17.1. The third-order valence-electron chi connectivity index (χ3n) is 4.48. The summed E-state index contributed by atoms with van der Waals surface area (Å²) >= 11 is 0. The van der Waals surface area contributed by atoms with E-state index in [1.807, 2.05) is 0 Å². The number of fused-ring (bicyclic) bond motifs is 1. The summed E-state index contributed by atoms with van der Waals surface area (Å²) in [6, 6.07) is 6.77. The maximum atomic E-state index is 13.0. The molecule has 1 saturated heterocycles. The molecule has 3 rings (SSSR count). The van der Waals surface area contributed by atoms with Gasteiger partial charge in [-0.25, -0.2) is 5.10 Å². The normalized spacial score (nSPS) is 17.8. The highest BCUT2D eigenvalue weighted by atomic mass is 16.4. The van der Waals surface area contributed by atoms with Gasteiger partial charge in [-0.3, -0.25) is 14.4 Å². The SMILES string of the molecule is O=C(O)CC[C@H]1CCCCN1C(=O)c1n[nH]c(=O)c2ccccc12. The molecule has 0 aliphatic carbocycles. The van der Waals surface area contributed by atoms with E-state index in [9.17, 15) is 14.4 Å². The van der Waals surface area contributed by atoms with Crippen molar-refractivity contribution in [3.63, 3.8) is 0 Å². The Balaban J connectivity index is 1.94. The molecule has 1 aliphatic heterocycles. The van der Waals surface area contributed by atoms with E-state index < -0.39 is 5.97 Å². The molecule has 2 N–H and O–H groups in total. The van der Waals surface area contributed by atoms with Crippen LogP contribution >= 0.6 is 0 Å². The predicted octanol–water partition coefficient (Wildman–Crippen LogP) is 1.78. The number of nitrogens with zero attached hydrogens (tertiary/aromatic N) is 2. The van der Waals surface area contributed by atoms with E-state index in [0.29, 0.717) is 23.7 Å². The first-order valence-electron chi connectivity index (χ1n) is 8.08. The van der Waals surface area contributed by atoms with Gasteiger partial charge in [-0.1, -0.05) is 18.2 Å². The Morgan fingerprint density at radius 1 is 1.25 bits per heavy atom. The number of carbonyl (C=O) groups excluding carboxylic acids is 1. The van der Waals surface area contributed by atoms with Crippen molar-refractivity contribution in [1.29, 1.82) is 0 Å². The van der Waals surface area contributed by atoms with Gasteiger partial charge in [0.25, 0.3) is 11.5 Å². The number of benzene rings is 1. The molecule has 7 nitrogen and oxygen atoms in total. The second-order valence-corrected chi connectivity index (χ2v) is 6.03. The molecule has 126 valence electrons. The van der Waals surface area contributed by atoms with E-state index in [1.165, 1.54) is 0 Å². The number of carbonyl (C=O) groups is 2. The van der Waals surface area contributed by atoms with Crippen molar-refractivity contribution in [1.82, 2.24) is 15.1 Å². The molecule has 1 atom stereocenters. The van der Waals surface area contributed by atoms with Gasteiger partial charge < -0.3 is 10.0 Å². The number of aromatic nitrogens is 2. The molecule has 0 radical (unpaired) electrons. The summed E-state index contributed by atoms with van der Waals surface area (Å²) in [5, 5.41) is 16.2. The lowest BCUT2D eigenvalue weighted by molar-refractivity contribution is -0.137. The van der Waals surface area contributed by atoms with Crippen LogP contribution in [-0.2, 0) is 4.79 Å². The van der Waals surface area contributed by atoms with E-state index in [2.05, 4.69) is 10.2 Å². The molecule has 1 amide bonds. The van der Waals surface area contributed by atoms with Crippen LogP contribution < -0.4 is 5.56 Å². The van der Waals surface area contributed by atoms with E-state index in [1.54, 1.807) is 29.2 Å². The van der Waals surface area contributed by atoms with Crippen molar-refractivity contribution in [2.45, 2.75) is 38.1 Å². The Morgan fingerprint density at radius 3 is 2.75 bits per heavy atom. The minimum absolute atomic E-state index is 0.0360. The lowest BCUT2D eigenvalue weighted by Gasteiger charge is -2.35. The minimum atomic E-state index is -0.861. The second kappa shape index (κ2) is 6.82. The first-order valence-corrected chi connectivity index (χ1v) is 8.08. The van der Waals surface area contributed by atoms with Crippen LogP contribution in [0.1, 0.15) is 42.6 Å². The Morgan fingerprint density at radius 2 is 2.00 bits per heavy atom. The number of hydrogen-bond donors (Lipinski definition) is 2. The van der Waals surface area contributed by atoms with Gasteiger partial charge in [0.15, 0.2) is 5.69 Å². The average molecular weight is 329 g/mol. The number of aliphatic carboxylic acids is 1. The number of H-pyrrole nitrogens is 1. The van der Waals surface area contributed by atoms with Crippen LogP contribution in [0.5, 0.6) is 0 Å². The molecule has 1 fully saturated rings. The molecule has 7 heteroatoms.